The second-order valence-corrected chi connectivity index (χ2v) is 7.00. The number of nitrogens with one attached hydrogen (secondary N) is 1. The molecule has 0 heterocycles. The zero-order valence-electron chi connectivity index (χ0n) is 15.7. The van der Waals surface area contributed by atoms with Crippen LogP contribution in [0.1, 0.15) is 69.9 Å². The Morgan fingerprint density at radius 2 is 1.69 bits per heavy atom. The lowest BCUT2D eigenvalue weighted by Crippen LogP contribution is -2.41. The Labute approximate surface area is 161 Å². The summed E-state index contributed by atoms with van der Waals surface area (Å²) in [6, 6.07) is 6.04. The molecule has 2 nitrogen and oxygen atoms in total. The second kappa shape index (κ2) is 10.5. The molecule has 1 N–H and O–H groups in total. The molecule has 0 spiro atoms. The number of rotatable bonds is 8. The number of alkyl halides is 3. The molecule has 1 saturated carbocycles. The lowest BCUT2D eigenvalue weighted by Gasteiger charge is -2.41. The molecule has 1 aromatic carbocycles. The van der Waals surface area contributed by atoms with Gasteiger partial charge in [-0.15, -0.1) is 12.4 Å². The summed E-state index contributed by atoms with van der Waals surface area (Å²) < 4.78 is 44.7. The van der Waals surface area contributed by atoms with E-state index in [1.807, 2.05) is 0 Å². The van der Waals surface area contributed by atoms with Gasteiger partial charge < -0.3 is 10.1 Å². The van der Waals surface area contributed by atoms with Gasteiger partial charge in [-0.3, -0.25) is 0 Å². The molecule has 0 aliphatic heterocycles. The van der Waals surface area contributed by atoms with Crippen molar-refractivity contribution in [3.8, 4) is 0 Å². The smallest absolute Gasteiger partial charge is 0.370 e. The maximum Gasteiger partial charge on any atom is 0.416 e. The van der Waals surface area contributed by atoms with Gasteiger partial charge in [0, 0.05) is 12.6 Å². The van der Waals surface area contributed by atoms with Gasteiger partial charge in [-0.25, -0.2) is 0 Å². The highest BCUT2D eigenvalue weighted by atomic mass is 35.5. The van der Waals surface area contributed by atoms with Crippen molar-refractivity contribution in [2.45, 2.75) is 76.6 Å². The molecular formula is C20H31ClF3NO. The van der Waals surface area contributed by atoms with Gasteiger partial charge in [-0.2, -0.15) is 13.2 Å². The molecular weight excluding hydrogens is 363 g/mol. The number of ether oxygens (including phenoxy) is 1. The van der Waals surface area contributed by atoms with Crippen LogP contribution in [0.25, 0.3) is 0 Å². The maximum absolute atomic E-state index is 12.8. The number of benzene rings is 1. The zero-order valence-corrected chi connectivity index (χ0v) is 16.5. The quantitative estimate of drug-likeness (QED) is 0.540. The molecule has 0 atom stereocenters. The van der Waals surface area contributed by atoms with Crippen molar-refractivity contribution in [3.05, 3.63) is 35.4 Å². The summed E-state index contributed by atoms with van der Waals surface area (Å²) in [5.41, 5.74) is -0.166. The lowest BCUT2D eigenvalue weighted by molar-refractivity contribution is -0.137. The van der Waals surface area contributed by atoms with Gasteiger partial charge >= 0.3 is 6.18 Å². The van der Waals surface area contributed by atoms with Crippen molar-refractivity contribution in [1.29, 1.82) is 0 Å². The second-order valence-electron chi connectivity index (χ2n) is 7.00. The molecule has 1 aliphatic rings. The van der Waals surface area contributed by atoms with E-state index in [4.69, 9.17) is 4.74 Å². The largest absolute Gasteiger partial charge is 0.416 e. The Morgan fingerprint density at radius 1 is 1.08 bits per heavy atom. The third-order valence-electron chi connectivity index (χ3n) is 5.08. The van der Waals surface area contributed by atoms with Crippen LogP contribution in [0.5, 0.6) is 0 Å². The fourth-order valence-electron chi connectivity index (χ4n) is 3.55. The minimum absolute atomic E-state index is 0. The molecule has 0 amide bonds. The van der Waals surface area contributed by atoms with Crippen molar-refractivity contribution in [2.75, 3.05) is 13.2 Å². The molecule has 2 rings (SSSR count). The van der Waals surface area contributed by atoms with E-state index in [9.17, 15) is 13.2 Å². The van der Waals surface area contributed by atoms with Crippen LogP contribution in [0.3, 0.4) is 0 Å². The lowest BCUT2D eigenvalue weighted by atomic mass is 9.77. The van der Waals surface area contributed by atoms with E-state index in [1.165, 1.54) is 25.0 Å². The molecule has 0 radical (unpaired) electrons. The van der Waals surface area contributed by atoms with E-state index in [-0.39, 0.29) is 12.4 Å². The van der Waals surface area contributed by atoms with Crippen molar-refractivity contribution in [1.82, 2.24) is 5.32 Å². The van der Waals surface area contributed by atoms with Crippen LogP contribution in [0.2, 0.25) is 0 Å². The van der Waals surface area contributed by atoms with E-state index < -0.39 is 17.3 Å². The van der Waals surface area contributed by atoms with Crippen LogP contribution in [0, 0.1) is 0 Å². The predicted molar refractivity (Wildman–Crippen MR) is 102 cm³/mol. The monoisotopic (exact) mass is 393 g/mol. The Kier molecular flexibility index (Phi) is 9.42. The highest BCUT2D eigenvalue weighted by Gasteiger charge is 2.38. The first-order chi connectivity index (χ1) is 11.9. The van der Waals surface area contributed by atoms with Gasteiger partial charge in [0.15, 0.2) is 0 Å². The van der Waals surface area contributed by atoms with E-state index in [2.05, 4.69) is 19.2 Å². The van der Waals surface area contributed by atoms with Crippen LogP contribution in [0.4, 0.5) is 13.2 Å². The molecule has 0 saturated heterocycles. The first-order valence-electron chi connectivity index (χ1n) is 9.46. The summed E-state index contributed by atoms with van der Waals surface area (Å²) >= 11 is 0. The van der Waals surface area contributed by atoms with Gasteiger partial charge in [-0.05, 0) is 62.8 Å². The molecule has 1 aromatic rings. The average molecular weight is 394 g/mol. The summed E-state index contributed by atoms with van der Waals surface area (Å²) in [4.78, 5) is 0. The third kappa shape index (κ3) is 6.14. The fraction of sp³-hybridized carbons (Fsp3) is 0.700. The van der Waals surface area contributed by atoms with Crippen LogP contribution < -0.4 is 5.32 Å². The SMILES string of the molecule is CCCCN[C@H]1CC[C@@](OCCC)(c2ccc(C(F)(F)F)cc2)CC1.Cl. The van der Waals surface area contributed by atoms with Gasteiger partial charge in [0.1, 0.15) is 0 Å². The zero-order chi connectivity index (χ0) is 18.3. The molecule has 1 aliphatic carbocycles. The highest BCUT2D eigenvalue weighted by molar-refractivity contribution is 5.85. The minimum Gasteiger partial charge on any atom is -0.370 e. The van der Waals surface area contributed by atoms with Crippen LogP contribution in [-0.4, -0.2) is 19.2 Å². The Morgan fingerprint density at radius 3 is 2.19 bits per heavy atom. The van der Waals surface area contributed by atoms with Crippen LogP contribution in [-0.2, 0) is 16.5 Å². The summed E-state index contributed by atoms with van der Waals surface area (Å²) in [7, 11) is 0. The van der Waals surface area contributed by atoms with E-state index in [0.29, 0.717) is 12.6 Å². The van der Waals surface area contributed by atoms with Gasteiger partial charge in [0.2, 0.25) is 0 Å². The first kappa shape index (κ1) is 23.3. The topological polar surface area (TPSA) is 21.3 Å². The molecule has 0 aromatic heterocycles. The van der Waals surface area contributed by atoms with Gasteiger partial charge in [0.05, 0.1) is 11.2 Å². The normalized spacial score (nSPS) is 23.5. The first-order valence-corrected chi connectivity index (χ1v) is 9.46. The Balaban J connectivity index is 0.00000338. The minimum atomic E-state index is -4.29. The predicted octanol–water partition coefficient (Wildman–Crippen LogP) is 6.08. The Hall–Kier alpha value is -0.780. The summed E-state index contributed by atoms with van der Waals surface area (Å²) in [5.74, 6) is 0. The molecule has 150 valence electrons. The van der Waals surface area contributed by atoms with Crippen LogP contribution >= 0.6 is 12.4 Å². The van der Waals surface area contributed by atoms with E-state index in [0.717, 1.165) is 44.2 Å². The van der Waals surface area contributed by atoms with E-state index >= 15 is 0 Å². The van der Waals surface area contributed by atoms with Gasteiger partial charge in [-0.1, -0.05) is 32.4 Å². The highest BCUT2D eigenvalue weighted by Crippen LogP contribution is 2.41. The molecule has 0 bridgehead atoms. The van der Waals surface area contributed by atoms with Crippen molar-refractivity contribution < 1.29 is 17.9 Å². The summed E-state index contributed by atoms with van der Waals surface area (Å²) in [6.45, 7) is 5.90. The average Bonchev–Trinajstić information content (AvgIpc) is 2.61. The third-order valence-corrected chi connectivity index (χ3v) is 5.08. The summed E-state index contributed by atoms with van der Waals surface area (Å²) in [6.07, 6.45) is 2.65. The van der Waals surface area contributed by atoms with Crippen molar-refractivity contribution >= 4 is 12.4 Å². The van der Waals surface area contributed by atoms with Crippen molar-refractivity contribution in [3.63, 3.8) is 0 Å². The van der Waals surface area contributed by atoms with Crippen molar-refractivity contribution in [2.24, 2.45) is 0 Å². The van der Waals surface area contributed by atoms with Crippen LogP contribution in [0.15, 0.2) is 24.3 Å². The molecule has 1 fully saturated rings. The number of hydrogen-bond donors (Lipinski definition) is 1. The number of halogens is 4. The molecule has 6 heteroatoms. The maximum atomic E-state index is 12.8. The standard InChI is InChI=1S/C20H30F3NO.ClH/c1-3-5-14-24-18-10-12-19(13-11-18,25-15-4-2)16-6-8-17(9-7-16)20(21,22)23;/h6-9,18,24H,3-5,10-15H2,1-2H3;1H/t18-,19-;. The molecule has 0 unspecified atom stereocenters. The fourth-order valence-corrected chi connectivity index (χ4v) is 3.55. The molecule has 26 heavy (non-hydrogen) atoms. The number of unbranched alkanes of at least 4 members (excludes halogenated alkanes) is 1. The van der Waals surface area contributed by atoms with Gasteiger partial charge in [0.25, 0.3) is 0 Å². The number of hydrogen-bond acceptors (Lipinski definition) is 2. The Bertz CT molecular complexity index is 511. The van der Waals surface area contributed by atoms with E-state index in [1.54, 1.807) is 12.1 Å². The summed E-state index contributed by atoms with van der Waals surface area (Å²) in [5, 5.41) is 3.59.